The molecule has 0 bridgehead atoms. The first-order valence-corrected chi connectivity index (χ1v) is 7.54. The van der Waals surface area contributed by atoms with Crippen LogP contribution in [0.4, 0.5) is 0 Å². The first kappa shape index (κ1) is 15.4. The van der Waals surface area contributed by atoms with Crippen LogP contribution in [0.5, 0.6) is 0 Å². The Morgan fingerprint density at radius 1 is 1.39 bits per heavy atom. The topological polar surface area (TPSA) is 94.9 Å². The molecule has 1 aliphatic heterocycles. The molecule has 2 N–H and O–H groups in total. The summed E-state index contributed by atoms with van der Waals surface area (Å²) in [6.07, 6.45) is -0.478. The minimum atomic E-state index is -3.63. The quantitative estimate of drug-likeness (QED) is 0.770. The molecule has 0 aromatic rings. The minimum absolute atomic E-state index is 0.0376. The Morgan fingerprint density at radius 2 is 1.94 bits per heavy atom. The van der Waals surface area contributed by atoms with Gasteiger partial charge in [0.1, 0.15) is 6.04 Å². The van der Waals surface area contributed by atoms with Crippen molar-refractivity contribution in [3.05, 3.63) is 0 Å². The second kappa shape index (κ2) is 5.14. The van der Waals surface area contributed by atoms with Crippen molar-refractivity contribution in [1.82, 2.24) is 4.31 Å². The van der Waals surface area contributed by atoms with Crippen LogP contribution < -0.4 is 0 Å². The maximum Gasteiger partial charge on any atom is 0.322 e. The van der Waals surface area contributed by atoms with Gasteiger partial charge in [-0.05, 0) is 11.8 Å². The second-order valence-electron chi connectivity index (χ2n) is 5.94. The number of aliphatic hydroxyl groups excluding tert-OH is 1. The fourth-order valence-electron chi connectivity index (χ4n) is 1.87. The van der Waals surface area contributed by atoms with Gasteiger partial charge in [-0.1, -0.05) is 20.8 Å². The van der Waals surface area contributed by atoms with Crippen molar-refractivity contribution in [2.24, 2.45) is 5.41 Å². The van der Waals surface area contributed by atoms with E-state index in [4.69, 9.17) is 5.11 Å². The van der Waals surface area contributed by atoms with E-state index in [-0.39, 0.29) is 24.1 Å². The van der Waals surface area contributed by atoms with E-state index in [2.05, 4.69) is 0 Å². The summed E-state index contributed by atoms with van der Waals surface area (Å²) in [6, 6.07) is -1.13. The molecule has 0 radical (unpaired) electrons. The van der Waals surface area contributed by atoms with E-state index in [9.17, 15) is 18.3 Å². The molecule has 0 aromatic heterocycles. The predicted octanol–water partition coefficient (Wildman–Crippen LogP) is 0.272. The molecule has 106 valence electrons. The molecule has 0 aliphatic carbocycles. The van der Waals surface area contributed by atoms with Gasteiger partial charge in [-0.15, -0.1) is 0 Å². The molecule has 0 saturated carbocycles. The van der Waals surface area contributed by atoms with Gasteiger partial charge in [-0.3, -0.25) is 4.79 Å². The lowest BCUT2D eigenvalue weighted by molar-refractivity contribution is -0.140. The molecule has 2 unspecified atom stereocenters. The van der Waals surface area contributed by atoms with Crippen LogP contribution >= 0.6 is 0 Å². The maximum absolute atomic E-state index is 12.1. The summed E-state index contributed by atoms with van der Waals surface area (Å²) in [4.78, 5) is 11.0. The van der Waals surface area contributed by atoms with Crippen LogP contribution in [0.1, 0.15) is 33.6 Å². The molecule has 1 fully saturated rings. The SMILES string of the molecule is CC(C)(C)CCS(=O)(=O)N1CC(O)CC1C(=O)O. The van der Waals surface area contributed by atoms with Crippen LogP contribution in [0, 0.1) is 5.41 Å². The van der Waals surface area contributed by atoms with Crippen molar-refractivity contribution in [3.63, 3.8) is 0 Å². The first-order valence-electron chi connectivity index (χ1n) is 5.93. The Balaban J connectivity index is 2.81. The summed E-state index contributed by atoms with van der Waals surface area (Å²) in [5, 5.41) is 18.4. The highest BCUT2D eigenvalue weighted by Gasteiger charge is 2.42. The van der Waals surface area contributed by atoms with E-state index in [1.807, 2.05) is 20.8 Å². The molecule has 1 heterocycles. The van der Waals surface area contributed by atoms with Crippen LogP contribution in [0.15, 0.2) is 0 Å². The number of β-amino-alcohol motifs (C(OH)–C–C–N with tert-alkyl or cyclic N) is 1. The van der Waals surface area contributed by atoms with Crippen LogP contribution in [-0.2, 0) is 14.8 Å². The Labute approximate surface area is 108 Å². The van der Waals surface area contributed by atoms with Gasteiger partial charge in [0.05, 0.1) is 11.9 Å². The van der Waals surface area contributed by atoms with E-state index >= 15 is 0 Å². The molecule has 18 heavy (non-hydrogen) atoms. The molecular weight excluding hydrogens is 258 g/mol. The smallest absolute Gasteiger partial charge is 0.322 e. The standard InChI is InChI=1S/C11H21NO5S/c1-11(2,3)4-5-18(16,17)12-7-8(13)6-9(12)10(14)15/h8-9,13H,4-7H2,1-3H3,(H,14,15). The number of sulfonamides is 1. The normalized spacial score (nSPS) is 26.4. The van der Waals surface area contributed by atoms with Crippen LogP contribution in [0.2, 0.25) is 0 Å². The molecule has 1 saturated heterocycles. The van der Waals surface area contributed by atoms with Gasteiger partial charge >= 0.3 is 5.97 Å². The fourth-order valence-corrected chi connectivity index (χ4v) is 3.94. The highest BCUT2D eigenvalue weighted by Crippen LogP contribution is 2.25. The van der Waals surface area contributed by atoms with E-state index < -0.39 is 28.1 Å². The predicted molar refractivity (Wildman–Crippen MR) is 66.6 cm³/mol. The van der Waals surface area contributed by atoms with Crippen molar-refractivity contribution in [3.8, 4) is 0 Å². The number of aliphatic hydroxyl groups is 1. The van der Waals surface area contributed by atoms with Gasteiger partial charge in [0.25, 0.3) is 0 Å². The fraction of sp³-hybridized carbons (Fsp3) is 0.909. The average Bonchev–Trinajstić information content (AvgIpc) is 2.57. The number of rotatable bonds is 4. The number of hydrogen-bond donors (Lipinski definition) is 2. The summed E-state index contributed by atoms with van der Waals surface area (Å²) in [5.41, 5.74) is -0.135. The molecule has 0 spiro atoms. The van der Waals surface area contributed by atoms with Crippen LogP contribution in [0.25, 0.3) is 0 Å². The Hall–Kier alpha value is -0.660. The zero-order chi connectivity index (χ0) is 14.1. The van der Waals surface area contributed by atoms with Crippen molar-refractivity contribution in [2.45, 2.75) is 45.8 Å². The Morgan fingerprint density at radius 3 is 2.39 bits per heavy atom. The lowest BCUT2D eigenvalue weighted by atomic mass is 9.94. The molecule has 2 atom stereocenters. The summed E-state index contributed by atoms with van der Waals surface area (Å²) in [6.45, 7) is 5.66. The average molecular weight is 279 g/mol. The molecule has 1 aliphatic rings. The van der Waals surface area contributed by atoms with Gasteiger partial charge in [0, 0.05) is 13.0 Å². The summed E-state index contributed by atoms with van der Waals surface area (Å²) in [5.74, 6) is -1.29. The molecule has 6 nitrogen and oxygen atoms in total. The largest absolute Gasteiger partial charge is 0.480 e. The van der Waals surface area contributed by atoms with E-state index in [1.54, 1.807) is 0 Å². The van der Waals surface area contributed by atoms with Crippen LogP contribution in [-0.4, -0.2) is 53.3 Å². The van der Waals surface area contributed by atoms with Crippen molar-refractivity contribution >= 4 is 16.0 Å². The third-order valence-electron chi connectivity index (χ3n) is 2.99. The number of carboxylic acids is 1. The van der Waals surface area contributed by atoms with E-state index in [1.165, 1.54) is 0 Å². The minimum Gasteiger partial charge on any atom is -0.480 e. The third-order valence-corrected chi connectivity index (χ3v) is 4.82. The third kappa shape index (κ3) is 3.93. The number of carbonyl (C=O) groups is 1. The zero-order valence-electron chi connectivity index (χ0n) is 11.0. The van der Waals surface area contributed by atoms with Gasteiger partial charge in [0.15, 0.2) is 0 Å². The van der Waals surface area contributed by atoms with Gasteiger partial charge < -0.3 is 10.2 Å². The second-order valence-corrected chi connectivity index (χ2v) is 7.98. The van der Waals surface area contributed by atoms with Crippen molar-refractivity contribution < 1.29 is 23.4 Å². The maximum atomic E-state index is 12.1. The summed E-state index contributed by atoms with van der Waals surface area (Å²) in [7, 11) is -3.63. The summed E-state index contributed by atoms with van der Waals surface area (Å²) >= 11 is 0. The first-order chi connectivity index (χ1) is 8.03. The van der Waals surface area contributed by atoms with Gasteiger partial charge in [0.2, 0.25) is 10.0 Å². The lowest BCUT2D eigenvalue weighted by Crippen LogP contribution is -2.42. The molecule has 0 aromatic carbocycles. The molecule has 7 heteroatoms. The number of nitrogens with zero attached hydrogens (tertiary/aromatic N) is 1. The van der Waals surface area contributed by atoms with Crippen molar-refractivity contribution in [1.29, 1.82) is 0 Å². The van der Waals surface area contributed by atoms with E-state index in [0.29, 0.717) is 6.42 Å². The lowest BCUT2D eigenvalue weighted by Gasteiger charge is -2.23. The van der Waals surface area contributed by atoms with Crippen molar-refractivity contribution in [2.75, 3.05) is 12.3 Å². The highest BCUT2D eigenvalue weighted by atomic mass is 32.2. The van der Waals surface area contributed by atoms with Crippen LogP contribution in [0.3, 0.4) is 0 Å². The number of carboxylic acid groups (broad SMARTS) is 1. The number of hydrogen-bond acceptors (Lipinski definition) is 4. The molecule has 0 amide bonds. The van der Waals surface area contributed by atoms with E-state index in [0.717, 1.165) is 4.31 Å². The van der Waals surface area contributed by atoms with Gasteiger partial charge in [-0.2, -0.15) is 4.31 Å². The zero-order valence-corrected chi connectivity index (χ0v) is 11.8. The Bertz CT molecular complexity index is 412. The summed E-state index contributed by atoms with van der Waals surface area (Å²) < 4.78 is 25.1. The highest BCUT2D eigenvalue weighted by molar-refractivity contribution is 7.89. The monoisotopic (exact) mass is 279 g/mol. The number of aliphatic carboxylic acids is 1. The molecular formula is C11H21NO5S. The molecule has 1 rings (SSSR count). The Kier molecular flexibility index (Phi) is 4.40. The van der Waals surface area contributed by atoms with Gasteiger partial charge in [-0.25, -0.2) is 8.42 Å².